The lowest BCUT2D eigenvalue weighted by molar-refractivity contribution is -0.128. The predicted octanol–water partition coefficient (Wildman–Crippen LogP) is 2.01. The second-order valence-corrected chi connectivity index (χ2v) is 6.48. The fourth-order valence-corrected chi connectivity index (χ4v) is 3.00. The number of tetrazole rings is 1. The van der Waals surface area contributed by atoms with Gasteiger partial charge >= 0.3 is 0 Å². The molecule has 0 N–H and O–H groups in total. The third kappa shape index (κ3) is 3.62. The Balaban J connectivity index is 2.30. The molecular formula is C14H18FN5OS. The van der Waals surface area contributed by atoms with Gasteiger partial charge in [0.05, 0.1) is 10.9 Å². The van der Waals surface area contributed by atoms with Crippen LogP contribution in [-0.2, 0) is 4.79 Å². The Bertz CT molecular complexity index is 658. The molecule has 0 aliphatic carbocycles. The van der Waals surface area contributed by atoms with Gasteiger partial charge in [-0.15, -0.1) is 5.10 Å². The van der Waals surface area contributed by atoms with E-state index in [4.69, 9.17) is 0 Å². The topological polar surface area (TPSA) is 63.9 Å². The lowest BCUT2D eigenvalue weighted by Crippen LogP contribution is -2.35. The Morgan fingerprint density at radius 1 is 1.36 bits per heavy atom. The highest BCUT2D eigenvalue weighted by Crippen LogP contribution is 2.28. The maximum absolute atomic E-state index is 13.4. The Morgan fingerprint density at radius 3 is 2.68 bits per heavy atom. The molecule has 0 saturated carbocycles. The maximum atomic E-state index is 13.4. The number of halogens is 1. The van der Waals surface area contributed by atoms with Gasteiger partial charge in [0.1, 0.15) is 5.82 Å². The molecule has 0 aliphatic heterocycles. The summed E-state index contributed by atoms with van der Waals surface area (Å²) in [5.41, 5.74) is 0.521. The van der Waals surface area contributed by atoms with Crippen LogP contribution in [0.3, 0.4) is 0 Å². The van der Waals surface area contributed by atoms with E-state index in [2.05, 4.69) is 15.5 Å². The molecule has 1 aromatic carbocycles. The van der Waals surface area contributed by atoms with Crippen LogP contribution in [0.2, 0.25) is 0 Å². The van der Waals surface area contributed by atoms with E-state index in [1.165, 1.54) is 28.6 Å². The highest BCUT2D eigenvalue weighted by Gasteiger charge is 2.27. The third-order valence-corrected chi connectivity index (χ3v) is 4.48. The first-order valence-corrected chi connectivity index (χ1v) is 7.70. The summed E-state index contributed by atoms with van der Waals surface area (Å²) < 4.78 is 14.8. The smallest absolute Gasteiger partial charge is 0.235 e. The number of amides is 1. The van der Waals surface area contributed by atoms with Gasteiger partial charge in [-0.3, -0.25) is 4.79 Å². The van der Waals surface area contributed by atoms with Crippen molar-refractivity contribution in [2.75, 3.05) is 14.1 Å². The number of hydrogen-bond acceptors (Lipinski definition) is 5. The monoisotopic (exact) mass is 323 g/mol. The minimum atomic E-state index is -0.367. The Kier molecular flexibility index (Phi) is 5.12. The van der Waals surface area contributed by atoms with Crippen molar-refractivity contribution in [3.8, 4) is 5.69 Å². The van der Waals surface area contributed by atoms with Crippen LogP contribution in [0.15, 0.2) is 29.4 Å². The first-order valence-electron chi connectivity index (χ1n) is 6.82. The Morgan fingerprint density at radius 2 is 2.09 bits per heavy atom. The number of carbonyl (C=O) groups is 1. The Hall–Kier alpha value is -1.96. The largest absolute Gasteiger partial charge is 0.348 e. The number of hydrogen-bond donors (Lipinski definition) is 0. The zero-order valence-corrected chi connectivity index (χ0v) is 13.7. The fourth-order valence-electron chi connectivity index (χ4n) is 1.86. The van der Waals surface area contributed by atoms with E-state index in [1.54, 1.807) is 31.1 Å². The summed E-state index contributed by atoms with van der Waals surface area (Å²) in [5.74, 6) is -0.264. The lowest BCUT2D eigenvalue weighted by atomic mass is 10.1. The minimum absolute atomic E-state index is 0.00575. The molecule has 0 unspecified atom stereocenters. The molecule has 8 heteroatoms. The van der Waals surface area contributed by atoms with Crippen LogP contribution >= 0.6 is 11.8 Å². The second kappa shape index (κ2) is 6.87. The summed E-state index contributed by atoms with van der Waals surface area (Å²) in [7, 11) is 3.43. The quantitative estimate of drug-likeness (QED) is 0.788. The van der Waals surface area contributed by atoms with Crippen LogP contribution in [0.5, 0.6) is 0 Å². The minimum Gasteiger partial charge on any atom is -0.348 e. The summed E-state index contributed by atoms with van der Waals surface area (Å²) in [5, 5.41) is 11.6. The van der Waals surface area contributed by atoms with Crippen molar-refractivity contribution in [2.45, 2.75) is 24.3 Å². The van der Waals surface area contributed by atoms with Gasteiger partial charge in [0, 0.05) is 14.1 Å². The standard InChI is InChI=1S/C14H18FN5OS/c1-9(2)12(13(21)19(3)4)22-14-16-17-18-20(14)11-7-5-6-10(15)8-11/h5-9,12H,1-4H3/t12-/m1/s1. The maximum Gasteiger partial charge on any atom is 0.235 e. The number of rotatable bonds is 5. The molecule has 1 aromatic heterocycles. The summed E-state index contributed by atoms with van der Waals surface area (Å²) >= 11 is 1.28. The molecule has 1 amide bonds. The van der Waals surface area contributed by atoms with Crippen LogP contribution in [0.4, 0.5) is 4.39 Å². The van der Waals surface area contributed by atoms with Crippen LogP contribution in [-0.4, -0.2) is 50.4 Å². The molecule has 1 heterocycles. The van der Waals surface area contributed by atoms with Crippen molar-refractivity contribution < 1.29 is 9.18 Å². The van der Waals surface area contributed by atoms with Gasteiger partial charge < -0.3 is 4.90 Å². The number of benzene rings is 1. The normalized spacial score (nSPS) is 12.5. The zero-order valence-electron chi connectivity index (χ0n) is 12.9. The number of carbonyl (C=O) groups excluding carboxylic acids is 1. The van der Waals surface area contributed by atoms with E-state index in [-0.39, 0.29) is 22.9 Å². The van der Waals surface area contributed by atoms with Gasteiger partial charge in [0.15, 0.2) is 0 Å². The van der Waals surface area contributed by atoms with Gasteiger partial charge in [0.25, 0.3) is 0 Å². The van der Waals surface area contributed by atoms with E-state index >= 15 is 0 Å². The summed E-state index contributed by atoms with van der Waals surface area (Å²) in [4.78, 5) is 13.8. The molecule has 0 aliphatic rings. The van der Waals surface area contributed by atoms with Crippen molar-refractivity contribution in [3.63, 3.8) is 0 Å². The van der Waals surface area contributed by atoms with Crippen molar-refractivity contribution in [2.24, 2.45) is 5.92 Å². The summed E-state index contributed by atoms with van der Waals surface area (Å²) in [6, 6.07) is 6.00. The van der Waals surface area contributed by atoms with E-state index < -0.39 is 0 Å². The zero-order chi connectivity index (χ0) is 16.3. The average Bonchev–Trinajstić information content (AvgIpc) is 2.91. The van der Waals surface area contributed by atoms with Gasteiger partial charge in [-0.2, -0.15) is 4.68 Å². The molecule has 0 spiro atoms. The van der Waals surface area contributed by atoms with Gasteiger partial charge in [0.2, 0.25) is 11.1 Å². The first kappa shape index (κ1) is 16.4. The second-order valence-electron chi connectivity index (χ2n) is 5.37. The van der Waals surface area contributed by atoms with Crippen LogP contribution in [0.1, 0.15) is 13.8 Å². The summed E-state index contributed by atoms with van der Waals surface area (Å²) in [6.07, 6.45) is 0. The molecule has 22 heavy (non-hydrogen) atoms. The van der Waals surface area contributed by atoms with Crippen LogP contribution in [0.25, 0.3) is 5.69 Å². The molecule has 118 valence electrons. The first-order chi connectivity index (χ1) is 10.4. The number of aromatic nitrogens is 4. The fraction of sp³-hybridized carbons (Fsp3) is 0.429. The molecule has 2 rings (SSSR count). The SMILES string of the molecule is CC(C)[C@@H](Sc1nnnn1-c1cccc(F)c1)C(=O)N(C)C. The Labute approximate surface area is 132 Å². The molecular weight excluding hydrogens is 305 g/mol. The van der Waals surface area contributed by atoms with E-state index in [9.17, 15) is 9.18 Å². The molecule has 2 aromatic rings. The van der Waals surface area contributed by atoms with Gasteiger partial charge in [-0.05, 0) is 34.5 Å². The molecule has 0 bridgehead atoms. The molecule has 0 saturated heterocycles. The van der Waals surface area contributed by atoms with E-state index in [0.717, 1.165) is 0 Å². The molecule has 6 nitrogen and oxygen atoms in total. The molecule has 0 fully saturated rings. The van der Waals surface area contributed by atoms with E-state index in [1.807, 2.05) is 13.8 Å². The van der Waals surface area contributed by atoms with Crippen molar-refractivity contribution >= 4 is 17.7 Å². The van der Waals surface area contributed by atoms with Crippen LogP contribution < -0.4 is 0 Å². The van der Waals surface area contributed by atoms with Gasteiger partial charge in [-0.1, -0.05) is 31.7 Å². The number of thioether (sulfide) groups is 1. The molecule has 1 atom stereocenters. The lowest BCUT2D eigenvalue weighted by Gasteiger charge is -2.22. The summed E-state index contributed by atoms with van der Waals surface area (Å²) in [6.45, 7) is 3.94. The third-order valence-electron chi connectivity index (χ3n) is 3.02. The molecule has 0 radical (unpaired) electrons. The van der Waals surface area contributed by atoms with Crippen molar-refractivity contribution in [3.05, 3.63) is 30.1 Å². The van der Waals surface area contributed by atoms with Crippen molar-refractivity contribution in [1.82, 2.24) is 25.1 Å². The van der Waals surface area contributed by atoms with Gasteiger partial charge in [-0.25, -0.2) is 4.39 Å². The predicted molar refractivity (Wildman–Crippen MR) is 82.3 cm³/mol. The highest BCUT2D eigenvalue weighted by molar-refractivity contribution is 8.00. The van der Waals surface area contributed by atoms with Crippen molar-refractivity contribution in [1.29, 1.82) is 0 Å². The van der Waals surface area contributed by atoms with Crippen LogP contribution in [0, 0.1) is 11.7 Å². The van der Waals surface area contributed by atoms with E-state index in [0.29, 0.717) is 10.8 Å². The average molecular weight is 323 g/mol. The highest BCUT2D eigenvalue weighted by atomic mass is 32.2. The number of nitrogens with zero attached hydrogens (tertiary/aromatic N) is 5.